The van der Waals surface area contributed by atoms with E-state index in [1.807, 2.05) is 32.9 Å². The Morgan fingerprint density at radius 3 is 2.03 bits per heavy atom. The van der Waals surface area contributed by atoms with Gasteiger partial charge in [-0.05, 0) is 69.4 Å². The summed E-state index contributed by atoms with van der Waals surface area (Å²) in [5.74, 6) is -0.633. The van der Waals surface area contributed by atoms with Crippen molar-refractivity contribution in [3.8, 4) is 0 Å². The molecule has 162 valence electrons. The van der Waals surface area contributed by atoms with Gasteiger partial charge in [0.2, 0.25) is 11.8 Å². The summed E-state index contributed by atoms with van der Waals surface area (Å²) in [5, 5.41) is 2.94. The molecule has 2 aromatic rings. The molecular weight excluding hydrogens is 379 g/mol. The molecule has 0 aliphatic carbocycles. The maximum atomic E-state index is 13.3. The second-order valence-corrected chi connectivity index (χ2v) is 8.73. The van der Waals surface area contributed by atoms with Crippen LogP contribution in [0.15, 0.2) is 48.5 Å². The number of carbonyl (C=O) groups is 2. The molecule has 1 N–H and O–H groups in total. The Morgan fingerprint density at radius 1 is 0.967 bits per heavy atom. The van der Waals surface area contributed by atoms with Gasteiger partial charge in [0.25, 0.3) is 0 Å². The van der Waals surface area contributed by atoms with Gasteiger partial charge in [-0.3, -0.25) is 9.59 Å². The first-order chi connectivity index (χ1) is 14.1. The van der Waals surface area contributed by atoms with Gasteiger partial charge < -0.3 is 10.2 Å². The summed E-state index contributed by atoms with van der Waals surface area (Å²) in [5.41, 5.74) is 2.74. The number of hydrogen-bond acceptors (Lipinski definition) is 2. The third-order valence-corrected chi connectivity index (χ3v) is 4.99. The van der Waals surface area contributed by atoms with Crippen molar-refractivity contribution < 1.29 is 14.0 Å². The van der Waals surface area contributed by atoms with E-state index in [1.165, 1.54) is 17.7 Å². The Bertz CT molecular complexity index is 839. The maximum absolute atomic E-state index is 13.3. The van der Waals surface area contributed by atoms with Crippen LogP contribution in [-0.4, -0.2) is 28.3 Å². The molecule has 30 heavy (non-hydrogen) atoms. The first kappa shape index (κ1) is 23.6. The smallest absolute Gasteiger partial charge is 0.242 e. The molecule has 2 rings (SSSR count). The highest BCUT2D eigenvalue weighted by molar-refractivity contribution is 5.87. The predicted octanol–water partition coefficient (Wildman–Crippen LogP) is 4.65. The van der Waals surface area contributed by atoms with Crippen molar-refractivity contribution in [3.63, 3.8) is 0 Å². The average Bonchev–Trinajstić information content (AvgIpc) is 2.70. The molecule has 5 heteroatoms. The van der Waals surface area contributed by atoms with Crippen LogP contribution >= 0.6 is 0 Å². The van der Waals surface area contributed by atoms with Crippen molar-refractivity contribution in [2.24, 2.45) is 0 Å². The molecule has 0 aromatic heterocycles. The van der Waals surface area contributed by atoms with E-state index in [2.05, 4.69) is 24.4 Å². The molecule has 0 spiro atoms. The van der Waals surface area contributed by atoms with E-state index >= 15 is 0 Å². The number of hydrogen-bond donors (Lipinski definition) is 1. The van der Waals surface area contributed by atoms with Crippen LogP contribution in [0.2, 0.25) is 0 Å². The summed E-state index contributed by atoms with van der Waals surface area (Å²) in [6, 6.07) is 13.6. The molecule has 0 heterocycles. The van der Waals surface area contributed by atoms with E-state index in [-0.39, 0.29) is 24.2 Å². The fourth-order valence-corrected chi connectivity index (χ4v) is 3.18. The lowest BCUT2D eigenvalue weighted by atomic mass is 10.0. The Hall–Kier alpha value is -2.69. The molecule has 2 amide bonds. The highest BCUT2D eigenvalue weighted by Crippen LogP contribution is 2.15. The first-order valence-corrected chi connectivity index (χ1v) is 10.5. The number of benzene rings is 2. The number of halogens is 1. The summed E-state index contributed by atoms with van der Waals surface area (Å²) < 4.78 is 13.3. The SMILES string of the molecule is CCc1ccc(CCC(=O)N(Cc2ccc(F)cc2)[C@H](C)C(=O)NC(C)(C)C)cc1. The third-order valence-electron chi connectivity index (χ3n) is 4.99. The molecule has 0 saturated heterocycles. The molecule has 0 fully saturated rings. The summed E-state index contributed by atoms with van der Waals surface area (Å²) >= 11 is 0. The lowest BCUT2D eigenvalue weighted by Crippen LogP contribution is -2.52. The van der Waals surface area contributed by atoms with Gasteiger partial charge in [0.1, 0.15) is 11.9 Å². The maximum Gasteiger partial charge on any atom is 0.242 e. The zero-order valence-corrected chi connectivity index (χ0v) is 18.7. The molecule has 2 aromatic carbocycles. The first-order valence-electron chi connectivity index (χ1n) is 10.5. The van der Waals surface area contributed by atoms with Crippen LogP contribution in [0.1, 0.15) is 57.7 Å². The van der Waals surface area contributed by atoms with Gasteiger partial charge in [-0.15, -0.1) is 0 Å². The molecule has 0 saturated carbocycles. The summed E-state index contributed by atoms with van der Waals surface area (Å²) in [6.45, 7) is 9.82. The molecule has 0 unspecified atom stereocenters. The van der Waals surface area contributed by atoms with Crippen LogP contribution in [0.25, 0.3) is 0 Å². The van der Waals surface area contributed by atoms with E-state index in [0.29, 0.717) is 12.8 Å². The van der Waals surface area contributed by atoms with Gasteiger partial charge in [0.05, 0.1) is 0 Å². The lowest BCUT2D eigenvalue weighted by molar-refractivity contribution is -0.141. The number of nitrogens with zero attached hydrogens (tertiary/aromatic N) is 1. The molecule has 0 aliphatic heterocycles. The van der Waals surface area contributed by atoms with Crippen molar-refractivity contribution in [1.29, 1.82) is 0 Å². The Balaban J connectivity index is 2.14. The van der Waals surface area contributed by atoms with Crippen molar-refractivity contribution in [3.05, 3.63) is 71.0 Å². The minimum absolute atomic E-state index is 0.101. The molecule has 0 bridgehead atoms. The quantitative estimate of drug-likeness (QED) is 0.686. The third kappa shape index (κ3) is 7.29. The molecule has 4 nitrogen and oxygen atoms in total. The number of amides is 2. The number of nitrogens with one attached hydrogen (secondary N) is 1. The lowest BCUT2D eigenvalue weighted by Gasteiger charge is -2.31. The van der Waals surface area contributed by atoms with Crippen LogP contribution in [0.4, 0.5) is 4.39 Å². The highest BCUT2D eigenvalue weighted by atomic mass is 19.1. The predicted molar refractivity (Wildman–Crippen MR) is 118 cm³/mol. The van der Waals surface area contributed by atoms with Gasteiger partial charge in [-0.2, -0.15) is 0 Å². The number of aryl methyl sites for hydroxylation is 2. The Labute approximate surface area is 179 Å². The fourth-order valence-electron chi connectivity index (χ4n) is 3.18. The van der Waals surface area contributed by atoms with Crippen molar-refractivity contribution in [2.45, 2.75) is 72.0 Å². The second kappa shape index (κ2) is 10.4. The summed E-state index contributed by atoms with van der Waals surface area (Å²) in [4.78, 5) is 27.4. The molecular formula is C25H33FN2O2. The van der Waals surface area contributed by atoms with E-state index < -0.39 is 11.6 Å². The van der Waals surface area contributed by atoms with Crippen LogP contribution in [0, 0.1) is 5.82 Å². The van der Waals surface area contributed by atoms with Gasteiger partial charge in [0, 0.05) is 18.5 Å². The van der Waals surface area contributed by atoms with Crippen molar-refractivity contribution in [2.75, 3.05) is 0 Å². The number of carbonyl (C=O) groups excluding carboxylic acids is 2. The van der Waals surface area contributed by atoms with E-state index in [1.54, 1.807) is 24.0 Å². The highest BCUT2D eigenvalue weighted by Gasteiger charge is 2.28. The van der Waals surface area contributed by atoms with E-state index in [4.69, 9.17) is 0 Å². The van der Waals surface area contributed by atoms with Crippen molar-refractivity contribution >= 4 is 11.8 Å². The molecule has 1 atom stereocenters. The van der Waals surface area contributed by atoms with Crippen molar-refractivity contribution in [1.82, 2.24) is 10.2 Å². The van der Waals surface area contributed by atoms with Gasteiger partial charge >= 0.3 is 0 Å². The largest absolute Gasteiger partial charge is 0.350 e. The van der Waals surface area contributed by atoms with Crippen LogP contribution in [0.3, 0.4) is 0 Å². The zero-order chi connectivity index (χ0) is 22.3. The minimum atomic E-state index is -0.635. The van der Waals surface area contributed by atoms with Gasteiger partial charge in [-0.25, -0.2) is 4.39 Å². The molecule has 0 aliphatic rings. The fraction of sp³-hybridized carbons (Fsp3) is 0.440. The Kier molecular flexibility index (Phi) is 8.16. The Morgan fingerprint density at radius 2 is 1.50 bits per heavy atom. The zero-order valence-electron chi connectivity index (χ0n) is 18.7. The average molecular weight is 413 g/mol. The summed E-state index contributed by atoms with van der Waals surface area (Å²) in [6.07, 6.45) is 1.89. The minimum Gasteiger partial charge on any atom is -0.350 e. The van der Waals surface area contributed by atoms with Crippen LogP contribution in [0.5, 0.6) is 0 Å². The summed E-state index contributed by atoms with van der Waals surface area (Å²) in [7, 11) is 0. The monoisotopic (exact) mass is 412 g/mol. The number of rotatable bonds is 8. The second-order valence-electron chi connectivity index (χ2n) is 8.73. The topological polar surface area (TPSA) is 49.4 Å². The van der Waals surface area contributed by atoms with E-state index in [9.17, 15) is 14.0 Å². The van der Waals surface area contributed by atoms with Crippen LogP contribution in [-0.2, 0) is 29.0 Å². The van der Waals surface area contributed by atoms with E-state index in [0.717, 1.165) is 17.5 Å². The normalized spacial score (nSPS) is 12.3. The van der Waals surface area contributed by atoms with Gasteiger partial charge in [0.15, 0.2) is 0 Å². The van der Waals surface area contributed by atoms with Crippen LogP contribution < -0.4 is 5.32 Å². The standard InChI is InChI=1S/C25H33FN2O2/c1-6-19-7-9-20(10-8-19)13-16-23(29)28(17-21-11-14-22(26)15-12-21)18(2)24(30)27-25(3,4)5/h7-12,14-15,18H,6,13,16-17H2,1-5H3,(H,27,30)/t18-/m1/s1. The molecule has 0 radical (unpaired) electrons. The van der Waals surface area contributed by atoms with Gasteiger partial charge in [-0.1, -0.05) is 43.3 Å².